The maximum atomic E-state index is 13.3. The van der Waals surface area contributed by atoms with E-state index in [2.05, 4.69) is 0 Å². The Morgan fingerprint density at radius 1 is 1.15 bits per heavy atom. The molecule has 2 amide bonds. The van der Waals surface area contributed by atoms with Crippen LogP contribution in [0.3, 0.4) is 0 Å². The lowest BCUT2D eigenvalue weighted by Gasteiger charge is -2.41. The third kappa shape index (κ3) is 7.00. The topological polar surface area (TPSA) is 70.1 Å². The summed E-state index contributed by atoms with van der Waals surface area (Å²) in [6.07, 6.45) is -9.79. The molecule has 1 heterocycles. The molecule has 2 rings (SSSR count). The van der Waals surface area contributed by atoms with Crippen LogP contribution in [0.25, 0.3) is 0 Å². The Labute approximate surface area is 193 Å². The molecule has 1 fully saturated rings. The molecule has 0 unspecified atom stereocenters. The summed E-state index contributed by atoms with van der Waals surface area (Å²) in [6.45, 7) is 2.65. The maximum absolute atomic E-state index is 13.3. The summed E-state index contributed by atoms with van der Waals surface area (Å²) < 4.78 is 83.5. The van der Waals surface area contributed by atoms with Crippen molar-refractivity contribution in [3.63, 3.8) is 0 Å². The maximum Gasteiger partial charge on any atom is 0.471 e. The van der Waals surface area contributed by atoms with Gasteiger partial charge in [0.1, 0.15) is 5.75 Å². The Morgan fingerprint density at radius 3 is 2.21 bits per heavy atom. The summed E-state index contributed by atoms with van der Waals surface area (Å²) in [5, 5.41) is 10.8. The number of carbonyl (C=O) groups is 2. The third-order valence-corrected chi connectivity index (χ3v) is 5.72. The van der Waals surface area contributed by atoms with Gasteiger partial charge in [0.25, 0.3) is 5.91 Å². The van der Waals surface area contributed by atoms with Crippen LogP contribution in [0, 0.1) is 5.92 Å². The van der Waals surface area contributed by atoms with E-state index in [-0.39, 0.29) is 44.0 Å². The van der Waals surface area contributed by atoms with Crippen molar-refractivity contribution in [1.29, 1.82) is 0 Å². The number of hydrogen-bond donors (Lipinski definition) is 1. The van der Waals surface area contributed by atoms with Crippen LogP contribution in [0.1, 0.15) is 49.0 Å². The predicted octanol–water partition coefficient (Wildman–Crippen LogP) is 4.12. The van der Waals surface area contributed by atoms with E-state index in [9.17, 15) is 41.0 Å². The van der Waals surface area contributed by atoms with Crippen LogP contribution < -0.4 is 4.74 Å². The second-order valence-corrected chi connectivity index (χ2v) is 8.84. The van der Waals surface area contributed by atoms with E-state index in [1.807, 2.05) is 0 Å². The molecule has 1 aromatic rings. The molecule has 192 valence electrons. The minimum absolute atomic E-state index is 0.0312. The number of amides is 2. The Hall–Kier alpha value is -2.50. The van der Waals surface area contributed by atoms with Crippen LogP contribution in [-0.4, -0.2) is 71.8 Å². The first kappa shape index (κ1) is 27.7. The molecule has 0 bridgehead atoms. The van der Waals surface area contributed by atoms with Crippen molar-refractivity contribution < 1.29 is 45.8 Å². The summed E-state index contributed by atoms with van der Waals surface area (Å²) in [5.74, 6) is -3.16. The lowest BCUT2D eigenvalue weighted by molar-refractivity contribution is -0.189. The van der Waals surface area contributed by atoms with Gasteiger partial charge in [0.2, 0.25) is 0 Å². The zero-order valence-electron chi connectivity index (χ0n) is 19.1. The first-order valence-electron chi connectivity index (χ1n) is 10.7. The summed E-state index contributed by atoms with van der Waals surface area (Å²) in [5.41, 5.74) is -3.00. The average molecular weight is 498 g/mol. The molecule has 6 nitrogen and oxygen atoms in total. The number of piperidine rings is 1. The number of nitrogens with zero attached hydrogens (tertiary/aromatic N) is 2. The molecule has 34 heavy (non-hydrogen) atoms. The quantitative estimate of drug-likeness (QED) is 0.575. The second-order valence-electron chi connectivity index (χ2n) is 8.84. The largest absolute Gasteiger partial charge is 0.496 e. The zero-order chi connectivity index (χ0) is 25.9. The second kappa shape index (κ2) is 10.4. The van der Waals surface area contributed by atoms with Crippen molar-refractivity contribution in [2.24, 2.45) is 5.92 Å². The molecule has 1 aliphatic rings. The Morgan fingerprint density at radius 2 is 1.74 bits per heavy atom. The number of likely N-dealkylation sites (tertiary alicyclic amines) is 1. The highest BCUT2D eigenvalue weighted by Gasteiger charge is 2.45. The van der Waals surface area contributed by atoms with Gasteiger partial charge in [0.05, 0.1) is 18.3 Å². The standard InChI is InChI=1S/C22H28F6N2O4/c1-14(2)6-9-30(19(32)22(26,27)28)13-20(33)7-10-29(11-8-20)18(31)15-4-5-17(34-3)16(12-15)21(23,24)25/h4-5,12,14,33H,6-11,13H2,1-3H3. The smallest absolute Gasteiger partial charge is 0.471 e. The molecule has 0 saturated carbocycles. The van der Waals surface area contributed by atoms with E-state index in [4.69, 9.17) is 4.74 Å². The number of benzene rings is 1. The van der Waals surface area contributed by atoms with E-state index >= 15 is 0 Å². The van der Waals surface area contributed by atoms with E-state index in [0.29, 0.717) is 17.4 Å². The van der Waals surface area contributed by atoms with Crippen LogP contribution in [0.2, 0.25) is 0 Å². The van der Waals surface area contributed by atoms with E-state index in [1.54, 1.807) is 13.8 Å². The summed E-state index contributed by atoms with van der Waals surface area (Å²) >= 11 is 0. The van der Waals surface area contributed by atoms with Crippen LogP contribution in [0.15, 0.2) is 18.2 Å². The van der Waals surface area contributed by atoms with Gasteiger partial charge in [0.15, 0.2) is 0 Å². The lowest BCUT2D eigenvalue weighted by atomic mass is 9.90. The van der Waals surface area contributed by atoms with Crippen molar-refractivity contribution in [3.05, 3.63) is 29.3 Å². The fourth-order valence-electron chi connectivity index (χ4n) is 3.73. The fraction of sp³-hybridized carbons (Fsp3) is 0.636. The van der Waals surface area contributed by atoms with Gasteiger partial charge in [-0.15, -0.1) is 0 Å². The summed E-state index contributed by atoms with van der Waals surface area (Å²) in [6, 6.07) is 2.90. The van der Waals surface area contributed by atoms with Crippen molar-refractivity contribution in [3.8, 4) is 5.75 Å². The van der Waals surface area contributed by atoms with E-state index in [1.165, 1.54) is 11.0 Å². The van der Waals surface area contributed by atoms with Crippen molar-refractivity contribution >= 4 is 11.8 Å². The van der Waals surface area contributed by atoms with Crippen LogP contribution in [0.4, 0.5) is 26.3 Å². The number of ether oxygens (including phenoxy) is 1. The normalized spacial score (nSPS) is 16.5. The number of rotatable bonds is 7. The predicted molar refractivity (Wildman–Crippen MR) is 110 cm³/mol. The molecule has 1 aromatic carbocycles. The number of methoxy groups -OCH3 is 1. The third-order valence-electron chi connectivity index (χ3n) is 5.72. The molecular weight excluding hydrogens is 470 g/mol. The minimum Gasteiger partial charge on any atom is -0.496 e. The first-order valence-corrected chi connectivity index (χ1v) is 10.7. The van der Waals surface area contributed by atoms with E-state index < -0.39 is 47.6 Å². The molecule has 1 N–H and O–H groups in total. The van der Waals surface area contributed by atoms with Gasteiger partial charge in [-0.1, -0.05) is 13.8 Å². The molecule has 0 radical (unpaired) electrons. The SMILES string of the molecule is COc1ccc(C(=O)N2CCC(O)(CN(CCC(C)C)C(=O)C(F)(F)F)CC2)cc1C(F)(F)F. The first-order chi connectivity index (χ1) is 15.6. The Balaban J connectivity index is 2.12. The van der Waals surface area contributed by atoms with Gasteiger partial charge in [-0.25, -0.2) is 0 Å². The van der Waals surface area contributed by atoms with Crippen LogP contribution in [-0.2, 0) is 11.0 Å². The molecule has 12 heteroatoms. The van der Waals surface area contributed by atoms with Crippen molar-refractivity contribution in [2.75, 3.05) is 33.3 Å². The van der Waals surface area contributed by atoms with Gasteiger partial charge < -0.3 is 19.6 Å². The molecule has 0 spiro atoms. The van der Waals surface area contributed by atoms with E-state index in [0.717, 1.165) is 13.2 Å². The van der Waals surface area contributed by atoms with Crippen LogP contribution in [0.5, 0.6) is 5.75 Å². The number of alkyl halides is 6. The van der Waals surface area contributed by atoms with Gasteiger partial charge in [-0.3, -0.25) is 9.59 Å². The molecule has 0 atom stereocenters. The molecule has 0 aliphatic carbocycles. The fourth-order valence-corrected chi connectivity index (χ4v) is 3.73. The number of hydrogen-bond acceptors (Lipinski definition) is 4. The molecule has 1 aliphatic heterocycles. The zero-order valence-corrected chi connectivity index (χ0v) is 19.1. The monoisotopic (exact) mass is 498 g/mol. The number of aliphatic hydroxyl groups is 1. The minimum atomic E-state index is -5.09. The Bertz CT molecular complexity index is 877. The highest BCUT2D eigenvalue weighted by atomic mass is 19.4. The Kier molecular flexibility index (Phi) is 8.49. The molecule has 1 saturated heterocycles. The van der Waals surface area contributed by atoms with Gasteiger partial charge in [-0.05, 0) is 43.4 Å². The summed E-state index contributed by atoms with van der Waals surface area (Å²) in [7, 11) is 1.07. The lowest BCUT2D eigenvalue weighted by Crippen LogP contribution is -2.55. The van der Waals surface area contributed by atoms with Gasteiger partial charge in [0, 0.05) is 31.7 Å². The molecular formula is C22H28F6N2O4. The van der Waals surface area contributed by atoms with Gasteiger partial charge >= 0.3 is 18.3 Å². The highest BCUT2D eigenvalue weighted by molar-refractivity contribution is 5.94. The van der Waals surface area contributed by atoms with Gasteiger partial charge in [-0.2, -0.15) is 26.3 Å². The van der Waals surface area contributed by atoms with Crippen LogP contribution >= 0.6 is 0 Å². The molecule has 0 aromatic heterocycles. The highest BCUT2D eigenvalue weighted by Crippen LogP contribution is 2.37. The van der Waals surface area contributed by atoms with Crippen molar-refractivity contribution in [2.45, 2.75) is 51.1 Å². The summed E-state index contributed by atoms with van der Waals surface area (Å²) in [4.78, 5) is 26.4. The number of carbonyl (C=O) groups excluding carboxylic acids is 2. The number of halogens is 6. The van der Waals surface area contributed by atoms with Crippen molar-refractivity contribution in [1.82, 2.24) is 9.80 Å². The average Bonchev–Trinajstić information content (AvgIpc) is 2.74.